The molecular weight excluding hydrogens is 300 g/mol. The van der Waals surface area contributed by atoms with E-state index < -0.39 is 0 Å². The van der Waals surface area contributed by atoms with E-state index in [0.717, 1.165) is 22.6 Å². The lowest BCUT2D eigenvalue weighted by atomic mass is 10.1. The number of benzene rings is 1. The van der Waals surface area contributed by atoms with E-state index in [9.17, 15) is 4.79 Å². The Morgan fingerprint density at radius 2 is 2.30 bits per heavy atom. The van der Waals surface area contributed by atoms with Crippen molar-refractivity contribution in [2.24, 2.45) is 10.9 Å². The fourth-order valence-corrected chi connectivity index (χ4v) is 2.47. The minimum absolute atomic E-state index is 0.0160. The van der Waals surface area contributed by atoms with Crippen LogP contribution >= 0.6 is 22.9 Å². The normalized spacial score (nSPS) is 11.8. The molecule has 0 bridgehead atoms. The number of nitrogens with two attached hydrogens (primary N) is 1. The van der Waals surface area contributed by atoms with Gasteiger partial charge in [0.2, 0.25) is 0 Å². The number of thiazole rings is 1. The highest BCUT2D eigenvalue weighted by molar-refractivity contribution is 7.07. The molecule has 106 valence electrons. The van der Waals surface area contributed by atoms with Gasteiger partial charge in [0.05, 0.1) is 0 Å². The van der Waals surface area contributed by atoms with E-state index in [1.165, 1.54) is 0 Å². The number of H-pyrrole nitrogens is 1. The van der Waals surface area contributed by atoms with Crippen molar-refractivity contribution < 1.29 is 5.21 Å². The van der Waals surface area contributed by atoms with E-state index in [1.807, 2.05) is 0 Å². The summed E-state index contributed by atoms with van der Waals surface area (Å²) in [7, 11) is 0. The SMILES string of the molecule is N/C(=N/O)c1ccc(CNCc2csc(=O)[nH]2)c(Cl)c1. The van der Waals surface area contributed by atoms with Crippen molar-refractivity contribution in [3.63, 3.8) is 0 Å². The summed E-state index contributed by atoms with van der Waals surface area (Å²) in [4.78, 5) is 13.6. The molecule has 6 nitrogen and oxygen atoms in total. The van der Waals surface area contributed by atoms with E-state index in [1.54, 1.807) is 23.6 Å². The Bertz CT molecular complexity index is 680. The van der Waals surface area contributed by atoms with Crippen LogP contribution in [0.25, 0.3) is 0 Å². The zero-order chi connectivity index (χ0) is 14.5. The standard InChI is InChI=1S/C12H13ClN4O2S/c13-10-3-7(11(14)17-19)1-2-8(10)4-15-5-9-6-20-12(18)16-9/h1-3,6,15,19H,4-5H2,(H2,14,17)(H,16,18). The summed E-state index contributed by atoms with van der Waals surface area (Å²) >= 11 is 7.26. The molecular formula is C12H13ClN4O2S. The molecule has 0 aliphatic carbocycles. The molecule has 1 heterocycles. The first-order chi connectivity index (χ1) is 9.60. The molecule has 0 fully saturated rings. The summed E-state index contributed by atoms with van der Waals surface area (Å²) in [5.74, 6) is 0.0160. The average Bonchev–Trinajstić information content (AvgIpc) is 2.85. The number of aromatic amines is 1. The van der Waals surface area contributed by atoms with E-state index in [4.69, 9.17) is 22.5 Å². The zero-order valence-electron chi connectivity index (χ0n) is 10.4. The number of aromatic nitrogens is 1. The Morgan fingerprint density at radius 1 is 1.50 bits per heavy atom. The van der Waals surface area contributed by atoms with Crippen molar-refractivity contribution in [2.45, 2.75) is 13.1 Å². The van der Waals surface area contributed by atoms with Crippen LogP contribution in [0.5, 0.6) is 0 Å². The molecule has 0 amide bonds. The van der Waals surface area contributed by atoms with Crippen LogP contribution < -0.4 is 15.9 Å². The first-order valence-electron chi connectivity index (χ1n) is 5.74. The first kappa shape index (κ1) is 14.6. The quantitative estimate of drug-likeness (QED) is 0.290. The van der Waals surface area contributed by atoms with Crippen LogP contribution in [-0.2, 0) is 13.1 Å². The fraction of sp³-hybridized carbons (Fsp3) is 0.167. The molecule has 5 N–H and O–H groups in total. The summed E-state index contributed by atoms with van der Waals surface area (Å²) in [5, 5.41) is 17.0. The van der Waals surface area contributed by atoms with Crippen LogP contribution in [0.1, 0.15) is 16.8 Å². The molecule has 0 radical (unpaired) electrons. The van der Waals surface area contributed by atoms with Crippen molar-refractivity contribution in [2.75, 3.05) is 0 Å². The van der Waals surface area contributed by atoms with Gasteiger partial charge in [-0.25, -0.2) is 0 Å². The minimum atomic E-state index is -0.0667. The molecule has 8 heteroatoms. The van der Waals surface area contributed by atoms with Crippen LogP contribution in [0.4, 0.5) is 0 Å². The largest absolute Gasteiger partial charge is 0.409 e. The van der Waals surface area contributed by atoms with Crippen LogP contribution in [-0.4, -0.2) is 16.0 Å². The molecule has 0 aliphatic heterocycles. The van der Waals surface area contributed by atoms with E-state index in [-0.39, 0.29) is 10.7 Å². The molecule has 2 rings (SSSR count). The third-order valence-electron chi connectivity index (χ3n) is 2.66. The molecule has 20 heavy (non-hydrogen) atoms. The van der Waals surface area contributed by atoms with Gasteiger partial charge in [-0.1, -0.05) is 40.2 Å². The molecule has 1 aromatic heterocycles. The highest BCUT2D eigenvalue weighted by Gasteiger charge is 2.05. The minimum Gasteiger partial charge on any atom is -0.409 e. The number of nitrogens with one attached hydrogen (secondary N) is 2. The van der Waals surface area contributed by atoms with Crippen LogP contribution in [0, 0.1) is 0 Å². The highest BCUT2D eigenvalue weighted by atomic mass is 35.5. The smallest absolute Gasteiger partial charge is 0.304 e. The van der Waals surface area contributed by atoms with Gasteiger partial charge in [-0.15, -0.1) is 0 Å². The number of oxime groups is 1. The molecule has 0 spiro atoms. The Kier molecular flexibility index (Phi) is 4.78. The summed E-state index contributed by atoms with van der Waals surface area (Å²) in [6.07, 6.45) is 0. The summed E-state index contributed by atoms with van der Waals surface area (Å²) in [6, 6.07) is 5.17. The van der Waals surface area contributed by atoms with E-state index in [0.29, 0.717) is 23.7 Å². The van der Waals surface area contributed by atoms with Gasteiger partial charge in [-0.05, 0) is 11.6 Å². The second-order valence-corrected chi connectivity index (χ2v) is 5.32. The third kappa shape index (κ3) is 3.60. The third-order valence-corrected chi connectivity index (χ3v) is 3.73. The number of halogens is 1. The van der Waals surface area contributed by atoms with Crippen LogP contribution in [0.15, 0.2) is 33.5 Å². The fourth-order valence-electron chi connectivity index (χ4n) is 1.64. The van der Waals surface area contributed by atoms with Crippen molar-refractivity contribution in [1.82, 2.24) is 10.3 Å². The van der Waals surface area contributed by atoms with Crippen molar-refractivity contribution in [3.8, 4) is 0 Å². The predicted octanol–water partition coefficient (Wildman–Crippen LogP) is 1.47. The van der Waals surface area contributed by atoms with Gasteiger partial charge in [0.1, 0.15) is 0 Å². The van der Waals surface area contributed by atoms with Gasteiger partial charge < -0.3 is 21.2 Å². The number of rotatable bonds is 5. The molecule has 2 aromatic rings. The zero-order valence-corrected chi connectivity index (χ0v) is 12.0. The Morgan fingerprint density at radius 3 is 2.90 bits per heavy atom. The molecule has 0 saturated heterocycles. The number of hydrogen-bond donors (Lipinski definition) is 4. The molecule has 0 saturated carbocycles. The molecule has 0 atom stereocenters. The Labute approximate surface area is 123 Å². The second-order valence-electron chi connectivity index (χ2n) is 4.07. The lowest BCUT2D eigenvalue weighted by molar-refractivity contribution is 0.318. The maximum absolute atomic E-state index is 11.0. The van der Waals surface area contributed by atoms with Gasteiger partial charge in [-0.2, -0.15) is 0 Å². The average molecular weight is 313 g/mol. The highest BCUT2D eigenvalue weighted by Crippen LogP contribution is 2.18. The molecule has 1 aromatic carbocycles. The lowest BCUT2D eigenvalue weighted by Gasteiger charge is -2.07. The maximum atomic E-state index is 11.0. The van der Waals surface area contributed by atoms with Gasteiger partial charge in [0.15, 0.2) is 5.84 Å². The van der Waals surface area contributed by atoms with Crippen LogP contribution in [0.2, 0.25) is 5.02 Å². The summed E-state index contributed by atoms with van der Waals surface area (Å²) in [6.45, 7) is 1.10. The second kappa shape index (κ2) is 6.56. The van der Waals surface area contributed by atoms with Gasteiger partial charge in [0, 0.05) is 34.7 Å². The molecule has 0 aliphatic rings. The van der Waals surface area contributed by atoms with Gasteiger partial charge >= 0.3 is 4.87 Å². The number of amidine groups is 1. The van der Waals surface area contributed by atoms with Crippen molar-refractivity contribution in [3.05, 3.63) is 55.1 Å². The maximum Gasteiger partial charge on any atom is 0.304 e. The van der Waals surface area contributed by atoms with Crippen molar-refractivity contribution in [1.29, 1.82) is 0 Å². The van der Waals surface area contributed by atoms with Crippen LogP contribution in [0.3, 0.4) is 0 Å². The summed E-state index contributed by atoms with van der Waals surface area (Å²) in [5.41, 5.74) is 7.77. The number of hydrogen-bond acceptors (Lipinski definition) is 5. The first-order valence-corrected chi connectivity index (χ1v) is 6.99. The monoisotopic (exact) mass is 312 g/mol. The summed E-state index contributed by atoms with van der Waals surface area (Å²) < 4.78 is 0. The predicted molar refractivity (Wildman–Crippen MR) is 79.4 cm³/mol. The topological polar surface area (TPSA) is 104 Å². The van der Waals surface area contributed by atoms with E-state index >= 15 is 0 Å². The van der Waals surface area contributed by atoms with Crippen molar-refractivity contribution >= 4 is 28.8 Å². The molecule has 0 unspecified atom stereocenters. The number of nitrogens with zero attached hydrogens (tertiary/aromatic N) is 1. The lowest BCUT2D eigenvalue weighted by Crippen LogP contribution is -2.15. The van der Waals surface area contributed by atoms with Gasteiger partial charge in [0.25, 0.3) is 0 Å². The van der Waals surface area contributed by atoms with Gasteiger partial charge in [-0.3, -0.25) is 4.79 Å². The Balaban J connectivity index is 1.98. The van der Waals surface area contributed by atoms with E-state index in [2.05, 4.69) is 15.5 Å². The Hall–Kier alpha value is -1.83.